The first kappa shape index (κ1) is 14.9. The first-order chi connectivity index (χ1) is 7.41. The van der Waals surface area contributed by atoms with Crippen LogP contribution in [0.4, 0.5) is 4.79 Å². The van der Waals surface area contributed by atoms with Gasteiger partial charge >= 0.3 is 12.0 Å². The average molecular weight is 250 g/mol. The number of carboxylic acids is 1. The van der Waals surface area contributed by atoms with Gasteiger partial charge in [0.15, 0.2) is 0 Å². The molecular formula is C9H18N2O4S. The lowest BCUT2D eigenvalue weighted by molar-refractivity contribution is -0.136. The summed E-state index contributed by atoms with van der Waals surface area (Å²) in [5.41, 5.74) is 0. The fourth-order valence-electron chi connectivity index (χ4n) is 0.973. The monoisotopic (exact) mass is 250 g/mol. The van der Waals surface area contributed by atoms with Crippen molar-refractivity contribution in [1.29, 1.82) is 0 Å². The third-order valence-electron chi connectivity index (χ3n) is 1.84. The minimum Gasteiger partial charge on any atom is -0.481 e. The van der Waals surface area contributed by atoms with Gasteiger partial charge in [-0.15, -0.1) is 0 Å². The standard InChI is InChI=1S/C9H18N2O4S/c1-7(4-6-16(2)15)11-9(14)10-5-3-8(12)13/h7H,3-6H2,1-2H3,(H,12,13)(H2,10,11,14). The number of hydrogen-bond acceptors (Lipinski definition) is 3. The highest BCUT2D eigenvalue weighted by Crippen LogP contribution is 1.92. The largest absolute Gasteiger partial charge is 0.481 e. The van der Waals surface area contributed by atoms with Crippen molar-refractivity contribution in [3.05, 3.63) is 0 Å². The maximum atomic E-state index is 11.2. The van der Waals surface area contributed by atoms with E-state index in [2.05, 4.69) is 10.6 Å². The zero-order chi connectivity index (χ0) is 12.6. The van der Waals surface area contributed by atoms with E-state index >= 15 is 0 Å². The Labute approximate surface area is 97.3 Å². The highest BCUT2D eigenvalue weighted by atomic mass is 32.2. The molecule has 0 bridgehead atoms. The van der Waals surface area contributed by atoms with Crippen molar-refractivity contribution in [2.45, 2.75) is 25.8 Å². The highest BCUT2D eigenvalue weighted by molar-refractivity contribution is 7.84. The van der Waals surface area contributed by atoms with Gasteiger partial charge in [0, 0.05) is 35.4 Å². The van der Waals surface area contributed by atoms with Gasteiger partial charge in [0.2, 0.25) is 0 Å². The van der Waals surface area contributed by atoms with Crippen molar-refractivity contribution in [3.63, 3.8) is 0 Å². The molecule has 7 heteroatoms. The van der Waals surface area contributed by atoms with E-state index in [0.29, 0.717) is 12.2 Å². The SMILES string of the molecule is CC(CCS(C)=O)NC(=O)NCCC(=O)O. The third-order valence-corrected chi connectivity index (χ3v) is 2.65. The number of carbonyl (C=O) groups is 2. The molecule has 0 aliphatic heterocycles. The molecule has 94 valence electrons. The molecular weight excluding hydrogens is 232 g/mol. The molecule has 3 N–H and O–H groups in total. The van der Waals surface area contributed by atoms with Crippen LogP contribution in [-0.2, 0) is 15.6 Å². The Hall–Kier alpha value is -1.11. The van der Waals surface area contributed by atoms with Gasteiger partial charge in [0.1, 0.15) is 0 Å². The molecule has 16 heavy (non-hydrogen) atoms. The molecule has 0 rings (SSSR count). The van der Waals surface area contributed by atoms with Gasteiger partial charge < -0.3 is 15.7 Å². The van der Waals surface area contributed by atoms with E-state index in [9.17, 15) is 13.8 Å². The van der Waals surface area contributed by atoms with E-state index in [1.807, 2.05) is 6.92 Å². The topological polar surface area (TPSA) is 95.5 Å². The Balaban J connectivity index is 3.61. The van der Waals surface area contributed by atoms with E-state index in [0.717, 1.165) is 0 Å². The molecule has 0 aromatic rings. The van der Waals surface area contributed by atoms with Gasteiger partial charge in [0.25, 0.3) is 0 Å². The van der Waals surface area contributed by atoms with Crippen molar-refractivity contribution in [2.75, 3.05) is 18.6 Å². The lowest BCUT2D eigenvalue weighted by Crippen LogP contribution is -2.41. The molecule has 0 saturated heterocycles. The molecule has 0 saturated carbocycles. The number of carboxylic acid groups (broad SMARTS) is 1. The summed E-state index contributed by atoms with van der Waals surface area (Å²) >= 11 is 0. The molecule has 0 heterocycles. The summed E-state index contributed by atoms with van der Waals surface area (Å²) < 4.78 is 10.8. The maximum absolute atomic E-state index is 11.2. The summed E-state index contributed by atoms with van der Waals surface area (Å²) in [6, 6.07) is -0.468. The van der Waals surface area contributed by atoms with Crippen LogP contribution in [0.15, 0.2) is 0 Å². The van der Waals surface area contributed by atoms with Crippen molar-refractivity contribution >= 4 is 22.8 Å². The molecule has 0 spiro atoms. The molecule has 2 amide bonds. The van der Waals surface area contributed by atoms with E-state index < -0.39 is 22.8 Å². The zero-order valence-electron chi connectivity index (χ0n) is 9.49. The second-order valence-electron chi connectivity index (χ2n) is 3.51. The predicted molar refractivity (Wildman–Crippen MR) is 61.8 cm³/mol. The van der Waals surface area contributed by atoms with E-state index in [-0.39, 0.29) is 19.0 Å². The van der Waals surface area contributed by atoms with Crippen LogP contribution >= 0.6 is 0 Å². The summed E-state index contributed by atoms with van der Waals surface area (Å²) in [5.74, 6) is -0.411. The lowest BCUT2D eigenvalue weighted by atomic mass is 10.3. The summed E-state index contributed by atoms with van der Waals surface area (Å²) in [7, 11) is -0.862. The molecule has 0 aromatic heterocycles. The van der Waals surface area contributed by atoms with Crippen molar-refractivity contribution in [2.24, 2.45) is 0 Å². The van der Waals surface area contributed by atoms with Crippen LogP contribution in [0.5, 0.6) is 0 Å². The average Bonchev–Trinajstić information content (AvgIpc) is 2.14. The summed E-state index contributed by atoms with van der Waals surface area (Å²) in [4.78, 5) is 21.4. The maximum Gasteiger partial charge on any atom is 0.315 e. The fourth-order valence-corrected chi connectivity index (χ4v) is 1.66. The Bertz CT molecular complexity index is 270. The smallest absolute Gasteiger partial charge is 0.315 e. The Morgan fingerprint density at radius 3 is 2.56 bits per heavy atom. The molecule has 0 aromatic carbocycles. The second-order valence-corrected chi connectivity index (χ2v) is 5.07. The van der Waals surface area contributed by atoms with Gasteiger partial charge in [-0.1, -0.05) is 0 Å². The molecule has 6 nitrogen and oxygen atoms in total. The Morgan fingerprint density at radius 1 is 1.44 bits per heavy atom. The number of carbonyl (C=O) groups excluding carboxylic acids is 1. The minimum absolute atomic E-state index is 0.0753. The summed E-state index contributed by atoms with van der Waals surface area (Å²) in [5, 5.41) is 13.4. The first-order valence-corrected chi connectivity index (χ1v) is 6.70. The number of amides is 2. The normalized spacial score (nSPS) is 13.9. The van der Waals surface area contributed by atoms with Crippen LogP contribution in [0, 0.1) is 0 Å². The molecule has 0 radical (unpaired) electrons. The van der Waals surface area contributed by atoms with Crippen LogP contribution in [0.2, 0.25) is 0 Å². The zero-order valence-corrected chi connectivity index (χ0v) is 10.3. The Morgan fingerprint density at radius 2 is 2.06 bits per heavy atom. The van der Waals surface area contributed by atoms with Gasteiger partial charge in [0.05, 0.1) is 6.42 Å². The molecule has 2 atom stereocenters. The van der Waals surface area contributed by atoms with Crippen molar-refractivity contribution in [1.82, 2.24) is 10.6 Å². The van der Waals surface area contributed by atoms with Gasteiger partial charge in [-0.2, -0.15) is 0 Å². The summed E-state index contributed by atoms with van der Waals surface area (Å²) in [6.45, 7) is 1.91. The van der Waals surface area contributed by atoms with Crippen LogP contribution in [0.1, 0.15) is 19.8 Å². The van der Waals surface area contributed by atoms with Crippen LogP contribution < -0.4 is 10.6 Å². The summed E-state index contributed by atoms with van der Waals surface area (Å²) in [6.07, 6.45) is 2.15. The number of rotatable bonds is 7. The van der Waals surface area contributed by atoms with E-state index in [4.69, 9.17) is 5.11 Å². The van der Waals surface area contributed by atoms with Gasteiger partial charge in [-0.3, -0.25) is 9.00 Å². The molecule has 0 fully saturated rings. The molecule has 0 aliphatic rings. The highest BCUT2D eigenvalue weighted by Gasteiger charge is 2.07. The van der Waals surface area contributed by atoms with Gasteiger partial charge in [-0.25, -0.2) is 4.79 Å². The van der Waals surface area contributed by atoms with Gasteiger partial charge in [-0.05, 0) is 13.3 Å². The van der Waals surface area contributed by atoms with Crippen LogP contribution in [0.3, 0.4) is 0 Å². The lowest BCUT2D eigenvalue weighted by Gasteiger charge is -2.13. The second kappa shape index (κ2) is 8.09. The number of aliphatic carboxylic acids is 1. The number of nitrogens with one attached hydrogen (secondary N) is 2. The molecule has 0 aliphatic carbocycles. The predicted octanol–water partition coefficient (Wildman–Crippen LogP) is -0.0826. The van der Waals surface area contributed by atoms with E-state index in [1.54, 1.807) is 6.26 Å². The van der Waals surface area contributed by atoms with E-state index in [1.165, 1.54) is 0 Å². The van der Waals surface area contributed by atoms with Crippen molar-refractivity contribution < 1.29 is 18.9 Å². The van der Waals surface area contributed by atoms with Crippen LogP contribution in [0.25, 0.3) is 0 Å². The van der Waals surface area contributed by atoms with Crippen LogP contribution in [-0.4, -0.2) is 45.9 Å². The first-order valence-electron chi connectivity index (χ1n) is 4.98. The number of hydrogen-bond donors (Lipinski definition) is 3. The third kappa shape index (κ3) is 9.45. The Kier molecular flexibility index (Phi) is 7.53. The minimum atomic E-state index is -0.949. The number of urea groups is 1. The fraction of sp³-hybridized carbons (Fsp3) is 0.778. The van der Waals surface area contributed by atoms with Crippen molar-refractivity contribution in [3.8, 4) is 0 Å². The molecule has 2 unspecified atom stereocenters. The quantitative estimate of drug-likeness (QED) is 0.589.